The van der Waals surface area contributed by atoms with Crippen molar-refractivity contribution in [3.63, 3.8) is 0 Å². The van der Waals surface area contributed by atoms with E-state index in [-0.39, 0.29) is 23.8 Å². The number of H-pyrrole nitrogens is 1. The molecule has 0 radical (unpaired) electrons. The summed E-state index contributed by atoms with van der Waals surface area (Å²) in [6, 6.07) is 3.67. The van der Waals surface area contributed by atoms with Crippen LogP contribution in [0.3, 0.4) is 0 Å². The fraction of sp³-hybridized carbons (Fsp3) is 0.333. The lowest BCUT2D eigenvalue weighted by atomic mass is 10.1. The Hall–Kier alpha value is -1.87. The fourth-order valence-corrected chi connectivity index (χ4v) is 2.58. The topological polar surface area (TPSA) is 55.7 Å². The third-order valence-electron chi connectivity index (χ3n) is 3.24. The normalized spacial score (nSPS) is 22.9. The summed E-state index contributed by atoms with van der Waals surface area (Å²) in [6.07, 6.45) is -1.45. The molecule has 0 aromatic carbocycles. The summed E-state index contributed by atoms with van der Waals surface area (Å²) >= 11 is 5.95. The number of nitrogens with one attached hydrogen (secondary N) is 1. The molecule has 3 rings (SSSR count). The average Bonchev–Trinajstić information content (AvgIpc) is 2.95. The Morgan fingerprint density at radius 2 is 2.11 bits per heavy atom. The number of hydrogen-bond donors (Lipinski definition) is 1. The zero-order valence-electron chi connectivity index (χ0n) is 9.70. The second-order valence-electron chi connectivity index (χ2n) is 4.41. The van der Waals surface area contributed by atoms with Crippen LogP contribution in [0.25, 0.3) is 11.0 Å². The third kappa shape index (κ3) is 1.81. The molecule has 0 amide bonds. The molecule has 0 unspecified atom stereocenters. The Kier molecular flexibility index (Phi) is 2.79. The smallest absolute Gasteiger partial charge is 0.151 e. The van der Waals surface area contributed by atoms with Crippen molar-refractivity contribution >= 4 is 28.3 Å². The van der Waals surface area contributed by atoms with Gasteiger partial charge in [0.05, 0.1) is 18.8 Å². The monoisotopic (exact) mass is 282 g/mol. The van der Waals surface area contributed by atoms with Crippen LogP contribution in [-0.2, 0) is 0 Å². The summed E-state index contributed by atoms with van der Waals surface area (Å²) in [4.78, 5) is 8.44. The second kappa shape index (κ2) is 4.35. The summed E-state index contributed by atoms with van der Waals surface area (Å²) < 4.78 is 26.7. The van der Waals surface area contributed by atoms with E-state index in [0.717, 1.165) is 0 Å². The minimum atomic E-state index is -1.55. The van der Waals surface area contributed by atoms with Gasteiger partial charge in [0, 0.05) is 11.6 Å². The molecule has 1 saturated heterocycles. The molecule has 1 aliphatic heterocycles. The van der Waals surface area contributed by atoms with Gasteiger partial charge in [-0.15, -0.1) is 0 Å². The fourth-order valence-electron chi connectivity index (χ4n) is 2.37. The molecular weight excluding hydrogens is 274 g/mol. The van der Waals surface area contributed by atoms with Gasteiger partial charge in [-0.05, 0) is 6.07 Å². The zero-order chi connectivity index (χ0) is 13.6. The van der Waals surface area contributed by atoms with Crippen molar-refractivity contribution in [3.05, 3.63) is 23.0 Å². The largest absolute Gasteiger partial charge is 0.364 e. The third-order valence-corrected chi connectivity index (χ3v) is 3.52. The molecule has 0 saturated carbocycles. The molecule has 1 aliphatic rings. The Bertz CT molecular complexity index is 668. The molecule has 2 aromatic heterocycles. The van der Waals surface area contributed by atoms with Gasteiger partial charge < -0.3 is 9.88 Å². The average molecular weight is 283 g/mol. The molecule has 98 valence electrons. The van der Waals surface area contributed by atoms with Gasteiger partial charge in [0.2, 0.25) is 0 Å². The van der Waals surface area contributed by atoms with Crippen LogP contribution in [0, 0.1) is 11.3 Å². The maximum atomic E-state index is 13.4. The Morgan fingerprint density at radius 3 is 2.74 bits per heavy atom. The zero-order valence-corrected chi connectivity index (χ0v) is 10.5. The van der Waals surface area contributed by atoms with Gasteiger partial charge in [-0.25, -0.2) is 13.8 Å². The van der Waals surface area contributed by atoms with E-state index in [4.69, 9.17) is 11.6 Å². The van der Waals surface area contributed by atoms with Crippen molar-refractivity contribution in [3.8, 4) is 6.07 Å². The van der Waals surface area contributed by atoms with Crippen molar-refractivity contribution in [1.82, 2.24) is 9.97 Å². The quantitative estimate of drug-likeness (QED) is 0.818. The number of hydrogen-bond acceptors (Lipinski definition) is 3. The SMILES string of the molecule is N#Cc1c(Cl)nc2[nH]ccc2c1N1C[C@@H](F)[C@@H](F)C1. The summed E-state index contributed by atoms with van der Waals surface area (Å²) in [5.74, 6) is 0. The predicted molar refractivity (Wildman–Crippen MR) is 67.8 cm³/mol. The van der Waals surface area contributed by atoms with Crippen LogP contribution in [0.1, 0.15) is 5.56 Å². The van der Waals surface area contributed by atoms with Crippen molar-refractivity contribution < 1.29 is 8.78 Å². The second-order valence-corrected chi connectivity index (χ2v) is 4.77. The van der Waals surface area contributed by atoms with E-state index in [9.17, 15) is 14.0 Å². The number of nitrogens with zero attached hydrogens (tertiary/aromatic N) is 3. The molecule has 3 heterocycles. The first-order valence-corrected chi connectivity index (χ1v) is 6.09. The molecule has 2 atom stereocenters. The van der Waals surface area contributed by atoms with E-state index in [1.807, 2.05) is 6.07 Å². The van der Waals surface area contributed by atoms with E-state index in [1.165, 1.54) is 4.90 Å². The highest BCUT2D eigenvalue weighted by atomic mass is 35.5. The maximum Gasteiger partial charge on any atom is 0.151 e. The molecule has 4 nitrogen and oxygen atoms in total. The molecule has 1 fully saturated rings. The standard InChI is InChI=1S/C12H9ClF2N4/c13-11-7(3-16)10(6-1-2-17-12(6)18-11)19-4-8(14)9(15)5-19/h1-2,8-9H,4-5H2,(H,17,18)/t8-,9+. The summed E-state index contributed by atoms with van der Waals surface area (Å²) in [6.45, 7) is -0.174. The van der Waals surface area contributed by atoms with Crippen molar-refractivity contribution in [2.45, 2.75) is 12.3 Å². The van der Waals surface area contributed by atoms with E-state index >= 15 is 0 Å². The molecule has 0 spiro atoms. The lowest BCUT2D eigenvalue weighted by Gasteiger charge is -2.20. The first kappa shape index (κ1) is 12.2. The number of fused-ring (bicyclic) bond motifs is 1. The Labute approximate surface area is 112 Å². The Balaban J connectivity index is 2.21. The highest BCUT2D eigenvalue weighted by Crippen LogP contribution is 2.36. The van der Waals surface area contributed by atoms with E-state index in [0.29, 0.717) is 16.7 Å². The highest BCUT2D eigenvalue weighted by molar-refractivity contribution is 6.31. The van der Waals surface area contributed by atoms with Crippen LogP contribution in [0.5, 0.6) is 0 Å². The first-order valence-electron chi connectivity index (χ1n) is 5.71. The summed E-state index contributed by atoms with van der Waals surface area (Å²) in [7, 11) is 0. The molecule has 1 N–H and O–H groups in total. The van der Waals surface area contributed by atoms with Gasteiger partial charge in [-0.2, -0.15) is 5.26 Å². The lowest BCUT2D eigenvalue weighted by molar-refractivity contribution is 0.217. The van der Waals surface area contributed by atoms with Crippen LogP contribution >= 0.6 is 11.6 Å². The molecular formula is C12H9ClF2N4. The van der Waals surface area contributed by atoms with Gasteiger partial charge in [-0.1, -0.05) is 11.6 Å². The van der Waals surface area contributed by atoms with Crippen LogP contribution in [0.4, 0.5) is 14.5 Å². The van der Waals surface area contributed by atoms with Gasteiger partial charge in [0.15, 0.2) is 17.5 Å². The first-order chi connectivity index (χ1) is 9.11. The molecule has 0 aliphatic carbocycles. The molecule has 19 heavy (non-hydrogen) atoms. The number of anilines is 1. The van der Waals surface area contributed by atoms with Crippen LogP contribution in [0.15, 0.2) is 12.3 Å². The highest BCUT2D eigenvalue weighted by Gasteiger charge is 2.35. The van der Waals surface area contributed by atoms with Crippen molar-refractivity contribution in [2.24, 2.45) is 0 Å². The maximum absolute atomic E-state index is 13.4. The number of pyridine rings is 1. The number of aromatic amines is 1. The van der Waals surface area contributed by atoms with Crippen molar-refractivity contribution in [2.75, 3.05) is 18.0 Å². The summed E-state index contributed by atoms with van der Waals surface area (Å²) in [5, 5.41) is 9.86. The number of aromatic nitrogens is 2. The van der Waals surface area contributed by atoms with Gasteiger partial charge >= 0.3 is 0 Å². The van der Waals surface area contributed by atoms with Crippen LogP contribution < -0.4 is 4.90 Å². The van der Waals surface area contributed by atoms with E-state index in [1.54, 1.807) is 12.3 Å². The minimum Gasteiger partial charge on any atom is -0.364 e. The summed E-state index contributed by atoms with van der Waals surface area (Å²) in [5.41, 5.74) is 1.09. The number of rotatable bonds is 1. The predicted octanol–water partition coefficient (Wildman–Crippen LogP) is 2.58. The van der Waals surface area contributed by atoms with Gasteiger partial charge in [0.1, 0.15) is 17.3 Å². The number of nitriles is 1. The molecule has 7 heteroatoms. The molecule has 0 bridgehead atoms. The lowest BCUT2D eigenvalue weighted by Crippen LogP contribution is -2.22. The van der Waals surface area contributed by atoms with Gasteiger partial charge in [-0.3, -0.25) is 0 Å². The van der Waals surface area contributed by atoms with Crippen LogP contribution in [0.2, 0.25) is 5.15 Å². The number of alkyl halides is 2. The number of halogens is 3. The molecule has 2 aromatic rings. The van der Waals surface area contributed by atoms with E-state index in [2.05, 4.69) is 9.97 Å². The Morgan fingerprint density at radius 1 is 1.42 bits per heavy atom. The van der Waals surface area contributed by atoms with Crippen LogP contribution in [-0.4, -0.2) is 35.4 Å². The van der Waals surface area contributed by atoms with E-state index < -0.39 is 12.3 Å². The minimum absolute atomic E-state index is 0.0326. The van der Waals surface area contributed by atoms with Crippen molar-refractivity contribution in [1.29, 1.82) is 5.26 Å². The van der Waals surface area contributed by atoms with Gasteiger partial charge in [0.25, 0.3) is 0 Å².